The van der Waals surface area contributed by atoms with Gasteiger partial charge in [-0.3, -0.25) is 9.59 Å². The Bertz CT molecular complexity index is 1210. The zero-order chi connectivity index (χ0) is 25.0. The van der Waals surface area contributed by atoms with Crippen molar-refractivity contribution in [3.63, 3.8) is 0 Å². The highest BCUT2D eigenvalue weighted by Crippen LogP contribution is 2.29. The molecule has 180 valence electrons. The van der Waals surface area contributed by atoms with Crippen molar-refractivity contribution >= 4 is 17.8 Å². The van der Waals surface area contributed by atoms with E-state index < -0.39 is 5.91 Å². The van der Waals surface area contributed by atoms with E-state index in [-0.39, 0.29) is 31.4 Å². The minimum Gasteiger partial charge on any atom is -0.396 e. The quantitative estimate of drug-likeness (QED) is 0.202. The number of carbonyl (C=O) groups is 2. The lowest BCUT2D eigenvalue weighted by molar-refractivity contribution is -0.118. The summed E-state index contributed by atoms with van der Waals surface area (Å²) in [5.41, 5.74) is 9.68. The smallest absolute Gasteiger partial charge is 0.268 e. The van der Waals surface area contributed by atoms with Crippen LogP contribution < -0.4 is 16.4 Å². The van der Waals surface area contributed by atoms with Crippen LogP contribution in [0.2, 0.25) is 0 Å². The van der Waals surface area contributed by atoms with Crippen molar-refractivity contribution in [1.29, 1.82) is 5.26 Å². The first-order valence-electron chi connectivity index (χ1n) is 11.3. The average Bonchev–Trinajstić information content (AvgIpc) is 3.28. The van der Waals surface area contributed by atoms with Gasteiger partial charge in [0, 0.05) is 36.6 Å². The molecule has 1 heterocycles. The van der Waals surface area contributed by atoms with Crippen LogP contribution in [0.1, 0.15) is 23.2 Å². The SMILES string of the molecule is N#CCCNC(=O)c1ccc(-c2ccc(-c3ccccc3)n2CC(=O)/N=C(\N)NCCCO)cc1. The minimum atomic E-state index is -0.429. The topological polar surface area (TPSA) is 146 Å². The van der Waals surface area contributed by atoms with Crippen molar-refractivity contribution in [2.45, 2.75) is 19.4 Å². The number of rotatable bonds is 10. The molecule has 0 aliphatic carbocycles. The molecular formula is C26H28N6O3. The maximum atomic E-state index is 12.7. The van der Waals surface area contributed by atoms with E-state index in [9.17, 15) is 9.59 Å². The Hall–Kier alpha value is -4.42. The number of nitriles is 1. The monoisotopic (exact) mass is 472 g/mol. The van der Waals surface area contributed by atoms with E-state index in [4.69, 9.17) is 16.1 Å². The van der Waals surface area contributed by atoms with E-state index in [0.717, 1.165) is 22.5 Å². The number of nitrogens with zero attached hydrogens (tertiary/aromatic N) is 3. The molecule has 0 atom stereocenters. The number of aliphatic hydroxyl groups is 1. The molecule has 0 saturated carbocycles. The van der Waals surface area contributed by atoms with Gasteiger partial charge in [0.1, 0.15) is 6.54 Å². The van der Waals surface area contributed by atoms with Crippen LogP contribution in [0.4, 0.5) is 0 Å². The maximum Gasteiger partial charge on any atom is 0.268 e. The van der Waals surface area contributed by atoms with Gasteiger partial charge in [-0.05, 0) is 41.8 Å². The number of nitrogens with one attached hydrogen (secondary N) is 2. The van der Waals surface area contributed by atoms with Crippen molar-refractivity contribution in [2.75, 3.05) is 19.7 Å². The van der Waals surface area contributed by atoms with Gasteiger partial charge in [-0.15, -0.1) is 0 Å². The van der Waals surface area contributed by atoms with E-state index in [2.05, 4.69) is 15.6 Å². The predicted molar refractivity (Wildman–Crippen MR) is 134 cm³/mol. The molecule has 0 bridgehead atoms. The Balaban J connectivity index is 1.87. The lowest BCUT2D eigenvalue weighted by atomic mass is 10.1. The van der Waals surface area contributed by atoms with Gasteiger partial charge >= 0.3 is 0 Å². The van der Waals surface area contributed by atoms with Crippen molar-refractivity contribution in [3.8, 4) is 28.6 Å². The highest BCUT2D eigenvalue weighted by atomic mass is 16.3. The summed E-state index contributed by atoms with van der Waals surface area (Å²) < 4.78 is 1.87. The number of nitrogens with two attached hydrogens (primary N) is 1. The van der Waals surface area contributed by atoms with Gasteiger partial charge in [0.05, 0.1) is 12.5 Å². The Morgan fingerprint density at radius 1 is 0.943 bits per heavy atom. The molecule has 0 aliphatic heterocycles. The number of aliphatic imine (C=N–C) groups is 1. The predicted octanol–water partition coefficient (Wildman–Crippen LogP) is 2.28. The van der Waals surface area contributed by atoms with Crippen molar-refractivity contribution in [3.05, 3.63) is 72.3 Å². The van der Waals surface area contributed by atoms with Crippen LogP contribution in [0.3, 0.4) is 0 Å². The second-order valence-corrected chi connectivity index (χ2v) is 7.69. The standard InChI is InChI=1S/C26H28N6O3/c27-14-4-15-29-25(35)21-10-8-20(9-11-21)23-13-12-22(19-6-2-1-3-7-19)32(23)18-24(34)31-26(28)30-16-5-17-33/h1-3,6-13,33H,4-5,15-18H2,(H,29,35)(H3,28,30,31,34). The van der Waals surface area contributed by atoms with Gasteiger partial charge in [0.25, 0.3) is 11.8 Å². The van der Waals surface area contributed by atoms with Crippen LogP contribution in [0.15, 0.2) is 71.7 Å². The van der Waals surface area contributed by atoms with Gasteiger partial charge in [-0.25, -0.2) is 0 Å². The fraction of sp³-hybridized carbons (Fsp3) is 0.231. The molecule has 0 aliphatic rings. The summed E-state index contributed by atoms with van der Waals surface area (Å²) in [5, 5.41) is 23.0. The molecule has 5 N–H and O–H groups in total. The van der Waals surface area contributed by atoms with E-state index >= 15 is 0 Å². The molecule has 2 amide bonds. The van der Waals surface area contributed by atoms with E-state index in [1.54, 1.807) is 12.1 Å². The van der Waals surface area contributed by atoms with E-state index in [1.165, 1.54) is 0 Å². The van der Waals surface area contributed by atoms with E-state index in [0.29, 0.717) is 25.1 Å². The number of guanidine groups is 1. The Labute approximate surface area is 203 Å². The number of aromatic nitrogens is 1. The molecule has 0 spiro atoms. The molecule has 3 aromatic rings. The second-order valence-electron chi connectivity index (χ2n) is 7.69. The van der Waals surface area contributed by atoms with Crippen LogP contribution in [-0.2, 0) is 11.3 Å². The first-order chi connectivity index (χ1) is 17.0. The number of benzene rings is 2. The third-order valence-electron chi connectivity index (χ3n) is 5.19. The normalized spacial score (nSPS) is 11.0. The molecule has 0 fully saturated rings. The number of hydrogen-bond donors (Lipinski definition) is 4. The average molecular weight is 473 g/mol. The van der Waals surface area contributed by atoms with Crippen molar-refractivity contribution in [2.24, 2.45) is 10.7 Å². The molecule has 3 rings (SSSR count). The Morgan fingerprint density at radius 3 is 2.23 bits per heavy atom. The summed E-state index contributed by atoms with van der Waals surface area (Å²) in [6.45, 7) is 0.688. The molecule has 0 radical (unpaired) electrons. The zero-order valence-corrected chi connectivity index (χ0v) is 19.3. The van der Waals surface area contributed by atoms with Gasteiger partial charge in [0.2, 0.25) is 0 Å². The molecular weight excluding hydrogens is 444 g/mol. The van der Waals surface area contributed by atoms with E-state index in [1.807, 2.05) is 65.2 Å². The Kier molecular flexibility index (Phi) is 9.16. The minimum absolute atomic E-state index is 0.00480. The van der Waals surface area contributed by atoms with Crippen molar-refractivity contribution < 1.29 is 14.7 Å². The summed E-state index contributed by atoms with van der Waals surface area (Å²) in [7, 11) is 0. The summed E-state index contributed by atoms with van der Waals surface area (Å²) in [5.74, 6) is -0.673. The van der Waals surface area contributed by atoms with Crippen LogP contribution in [0.5, 0.6) is 0 Å². The summed E-state index contributed by atoms with van der Waals surface area (Å²) in [6, 6.07) is 22.6. The van der Waals surface area contributed by atoms with Gasteiger partial charge in [-0.1, -0.05) is 42.5 Å². The first kappa shape index (κ1) is 25.2. The lowest BCUT2D eigenvalue weighted by Crippen LogP contribution is -2.34. The van der Waals surface area contributed by atoms with Crippen molar-refractivity contribution in [1.82, 2.24) is 15.2 Å². The van der Waals surface area contributed by atoms with Crippen LogP contribution in [0, 0.1) is 11.3 Å². The molecule has 9 heteroatoms. The fourth-order valence-corrected chi connectivity index (χ4v) is 3.52. The Morgan fingerprint density at radius 2 is 1.60 bits per heavy atom. The van der Waals surface area contributed by atoms with Gasteiger partial charge in [0.15, 0.2) is 5.96 Å². The summed E-state index contributed by atoms with van der Waals surface area (Å²) >= 11 is 0. The molecule has 35 heavy (non-hydrogen) atoms. The number of carbonyl (C=O) groups excluding carboxylic acids is 2. The van der Waals surface area contributed by atoms with Crippen LogP contribution >= 0.6 is 0 Å². The first-order valence-corrected chi connectivity index (χ1v) is 11.3. The zero-order valence-electron chi connectivity index (χ0n) is 19.3. The number of hydrogen-bond acceptors (Lipinski definition) is 4. The number of aliphatic hydroxyl groups excluding tert-OH is 1. The van der Waals surface area contributed by atoms with Crippen LogP contribution in [0.25, 0.3) is 22.5 Å². The van der Waals surface area contributed by atoms with Gasteiger partial charge < -0.3 is 26.0 Å². The molecule has 0 unspecified atom stereocenters. The summed E-state index contributed by atoms with van der Waals surface area (Å²) in [4.78, 5) is 28.9. The molecule has 2 aromatic carbocycles. The third-order valence-corrected chi connectivity index (χ3v) is 5.19. The second kappa shape index (κ2) is 12.7. The fourth-order valence-electron chi connectivity index (χ4n) is 3.52. The highest BCUT2D eigenvalue weighted by Gasteiger charge is 2.15. The highest BCUT2D eigenvalue weighted by molar-refractivity contribution is 5.95. The number of amides is 2. The lowest BCUT2D eigenvalue weighted by Gasteiger charge is -2.13. The van der Waals surface area contributed by atoms with Crippen LogP contribution in [-0.4, -0.2) is 47.1 Å². The summed E-state index contributed by atoms with van der Waals surface area (Å²) in [6.07, 6.45) is 0.744. The largest absolute Gasteiger partial charge is 0.396 e. The molecule has 1 aromatic heterocycles. The molecule has 0 saturated heterocycles. The van der Waals surface area contributed by atoms with Gasteiger partial charge in [-0.2, -0.15) is 10.3 Å². The maximum absolute atomic E-state index is 12.7. The third kappa shape index (κ3) is 7.03. The molecule has 9 nitrogen and oxygen atoms in total.